The molecule has 0 fully saturated rings. The number of hydrogen-bond acceptors (Lipinski definition) is 4. The van der Waals surface area contributed by atoms with E-state index in [1.807, 2.05) is 11.6 Å². The highest BCUT2D eigenvalue weighted by Gasteiger charge is 2.12. The Morgan fingerprint density at radius 2 is 2.19 bits per heavy atom. The molecule has 1 aromatic heterocycles. The van der Waals surface area contributed by atoms with Gasteiger partial charge in [-0.05, 0) is 12.2 Å². The summed E-state index contributed by atoms with van der Waals surface area (Å²) in [6.45, 7) is 0.673. The molecule has 2 heterocycles. The highest BCUT2D eigenvalue weighted by atomic mass is 35.5. The van der Waals surface area contributed by atoms with E-state index in [2.05, 4.69) is 15.6 Å². The minimum absolute atomic E-state index is 0.544. The van der Waals surface area contributed by atoms with Gasteiger partial charge in [-0.15, -0.1) is 10.2 Å². The maximum atomic E-state index is 6.01. The highest BCUT2D eigenvalue weighted by molar-refractivity contribution is 6.31. The second-order valence-electron chi connectivity index (χ2n) is 3.38. The summed E-state index contributed by atoms with van der Waals surface area (Å²) < 4.78 is 1.87. The zero-order chi connectivity index (χ0) is 11.5. The first-order valence-corrected chi connectivity index (χ1v) is 5.52. The molecule has 0 amide bonds. The van der Waals surface area contributed by atoms with Crippen LogP contribution in [0.25, 0.3) is 0 Å². The van der Waals surface area contributed by atoms with Gasteiger partial charge in [-0.25, -0.2) is 0 Å². The lowest BCUT2D eigenvalue weighted by Gasteiger charge is -2.26. The smallest absolute Gasteiger partial charge is 0.134 e. The van der Waals surface area contributed by atoms with E-state index in [1.54, 1.807) is 23.5 Å². The standard InChI is InChI=1S/C9H11Cl2N5/c1-15-6-12-13-9(15)4-5-16-8(11)3-2-7(10)14-16/h2-3,6,14H,4-5H2,1H3. The third-order valence-electron chi connectivity index (χ3n) is 2.23. The number of hydrogen-bond donors (Lipinski definition) is 1. The quantitative estimate of drug-likeness (QED) is 0.833. The van der Waals surface area contributed by atoms with Gasteiger partial charge in [0.1, 0.15) is 22.5 Å². The van der Waals surface area contributed by atoms with Gasteiger partial charge >= 0.3 is 0 Å². The number of halogens is 2. The Morgan fingerprint density at radius 1 is 1.38 bits per heavy atom. The Labute approximate surface area is 103 Å². The summed E-state index contributed by atoms with van der Waals surface area (Å²) in [6.07, 6.45) is 5.86. The van der Waals surface area contributed by atoms with Gasteiger partial charge in [-0.2, -0.15) is 0 Å². The number of hydrazine groups is 1. The van der Waals surface area contributed by atoms with Crippen LogP contribution in [-0.4, -0.2) is 26.3 Å². The number of nitrogens with zero attached hydrogens (tertiary/aromatic N) is 4. The number of allylic oxidation sites excluding steroid dienone is 2. The maximum Gasteiger partial charge on any atom is 0.134 e. The largest absolute Gasteiger partial charge is 0.321 e. The van der Waals surface area contributed by atoms with Crippen molar-refractivity contribution in [2.45, 2.75) is 6.42 Å². The second-order valence-corrected chi connectivity index (χ2v) is 4.17. The molecule has 1 aromatic rings. The summed E-state index contributed by atoms with van der Waals surface area (Å²) in [4.78, 5) is 0. The van der Waals surface area contributed by atoms with E-state index in [0.29, 0.717) is 16.9 Å². The first-order valence-electron chi connectivity index (χ1n) is 4.77. The lowest BCUT2D eigenvalue weighted by atomic mass is 10.4. The third kappa shape index (κ3) is 2.48. The summed E-state index contributed by atoms with van der Waals surface area (Å²) in [5.41, 5.74) is 2.95. The molecule has 0 spiro atoms. The van der Waals surface area contributed by atoms with Crippen molar-refractivity contribution in [1.29, 1.82) is 0 Å². The van der Waals surface area contributed by atoms with Crippen molar-refractivity contribution in [2.24, 2.45) is 7.05 Å². The van der Waals surface area contributed by atoms with E-state index in [0.717, 1.165) is 12.2 Å². The molecular weight excluding hydrogens is 249 g/mol. The molecular formula is C9H11Cl2N5. The molecule has 0 radical (unpaired) electrons. The minimum atomic E-state index is 0.544. The molecule has 0 atom stereocenters. The van der Waals surface area contributed by atoms with Crippen LogP contribution in [-0.2, 0) is 13.5 Å². The minimum Gasteiger partial charge on any atom is -0.321 e. The van der Waals surface area contributed by atoms with Crippen LogP contribution in [0.15, 0.2) is 28.8 Å². The van der Waals surface area contributed by atoms with E-state index in [1.165, 1.54) is 0 Å². The number of aromatic nitrogens is 3. The van der Waals surface area contributed by atoms with Crippen LogP contribution < -0.4 is 5.43 Å². The Hall–Kier alpha value is -1.20. The zero-order valence-electron chi connectivity index (χ0n) is 8.69. The Kier molecular flexibility index (Phi) is 3.36. The Balaban J connectivity index is 1.95. The van der Waals surface area contributed by atoms with Gasteiger partial charge in [-0.3, -0.25) is 10.4 Å². The number of rotatable bonds is 3. The Morgan fingerprint density at radius 3 is 2.88 bits per heavy atom. The predicted octanol–water partition coefficient (Wildman–Crippen LogP) is 1.34. The van der Waals surface area contributed by atoms with Crippen molar-refractivity contribution in [1.82, 2.24) is 25.2 Å². The fraction of sp³-hybridized carbons (Fsp3) is 0.333. The van der Waals surface area contributed by atoms with E-state index in [4.69, 9.17) is 23.2 Å². The van der Waals surface area contributed by atoms with Gasteiger partial charge in [-0.1, -0.05) is 23.2 Å². The van der Waals surface area contributed by atoms with Gasteiger partial charge in [0, 0.05) is 20.0 Å². The molecule has 1 aliphatic rings. The number of aryl methyl sites for hydroxylation is 1. The molecule has 0 unspecified atom stereocenters. The third-order valence-corrected chi connectivity index (χ3v) is 2.77. The van der Waals surface area contributed by atoms with Crippen molar-refractivity contribution >= 4 is 23.2 Å². The molecule has 0 bridgehead atoms. The maximum absolute atomic E-state index is 6.01. The molecule has 0 saturated carbocycles. The molecule has 0 saturated heterocycles. The molecule has 16 heavy (non-hydrogen) atoms. The van der Waals surface area contributed by atoms with Gasteiger partial charge < -0.3 is 4.57 Å². The van der Waals surface area contributed by atoms with Crippen LogP contribution in [0.5, 0.6) is 0 Å². The topological polar surface area (TPSA) is 46.0 Å². The normalized spacial score (nSPS) is 15.6. The first kappa shape index (κ1) is 11.3. The van der Waals surface area contributed by atoms with Crippen molar-refractivity contribution < 1.29 is 0 Å². The Bertz CT molecular complexity index is 437. The zero-order valence-corrected chi connectivity index (χ0v) is 10.2. The first-order chi connectivity index (χ1) is 7.66. The molecule has 86 valence electrons. The van der Waals surface area contributed by atoms with Gasteiger partial charge in [0.2, 0.25) is 0 Å². The average molecular weight is 260 g/mol. The van der Waals surface area contributed by atoms with Gasteiger partial charge in [0.15, 0.2) is 0 Å². The number of nitrogens with one attached hydrogen (secondary N) is 1. The lowest BCUT2D eigenvalue weighted by molar-refractivity contribution is 0.297. The van der Waals surface area contributed by atoms with Crippen LogP contribution in [0.3, 0.4) is 0 Å². The summed E-state index contributed by atoms with van der Waals surface area (Å²) in [5, 5.41) is 10.7. The fourth-order valence-electron chi connectivity index (χ4n) is 1.36. The summed E-state index contributed by atoms with van der Waals surface area (Å²) >= 11 is 11.8. The second kappa shape index (κ2) is 4.76. The van der Waals surface area contributed by atoms with Crippen molar-refractivity contribution in [3.63, 3.8) is 0 Å². The molecule has 1 N–H and O–H groups in total. The van der Waals surface area contributed by atoms with Crippen molar-refractivity contribution in [3.8, 4) is 0 Å². The van der Waals surface area contributed by atoms with Crippen LogP contribution >= 0.6 is 23.2 Å². The summed E-state index contributed by atoms with van der Waals surface area (Å²) in [6, 6.07) is 0. The van der Waals surface area contributed by atoms with Crippen molar-refractivity contribution in [3.05, 3.63) is 34.6 Å². The van der Waals surface area contributed by atoms with E-state index in [-0.39, 0.29) is 0 Å². The molecule has 2 rings (SSSR count). The average Bonchev–Trinajstić information content (AvgIpc) is 2.66. The van der Waals surface area contributed by atoms with Gasteiger partial charge in [0.25, 0.3) is 0 Å². The summed E-state index contributed by atoms with van der Waals surface area (Å²) in [5.74, 6) is 0.900. The van der Waals surface area contributed by atoms with E-state index in [9.17, 15) is 0 Å². The van der Waals surface area contributed by atoms with Crippen molar-refractivity contribution in [2.75, 3.05) is 6.54 Å². The molecule has 5 nitrogen and oxygen atoms in total. The molecule has 1 aliphatic heterocycles. The SMILES string of the molecule is Cn1cnnc1CCN1NC(Cl)=CC=C1Cl. The molecule has 0 aliphatic carbocycles. The lowest BCUT2D eigenvalue weighted by Crippen LogP contribution is -2.37. The fourth-order valence-corrected chi connectivity index (χ4v) is 1.71. The van der Waals surface area contributed by atoms with Crippen LogP contribution in [0.1, 0.15) is 5.82 Å². The highest BCUT2D eigenvalue weighted by Crippen LogP contribution is 2.15. The monoisotopic (exact) mass is 259 g/mol. The predicted molar refractivity (Wildman–Crippen MR) is 62.4 cm³/mol. The van der Waals surface area contributed by atoms with E-state index >= 15 is 0 Å². The van der Waals surface area contributed by atoms with Crippen LogP contribution in [0.4, 0.5) is 0 Å². The molecule has 0 aromatic carbocycles. The van der Waals surface area contributed by atoms with Gasteiger partial charge in [0.05, 0.1) is 0 Å². The van der Waals surface area contributed by atoms with Crippen LogP contribution in [0.2, 0.25) is 0 Å². The molecule has 7 heteroatoms. The van der Waals surface area contributed by atoms with E-state index < -0.39 is 0 Å². The summed E-state index contributed by atoms with van der Waals surface area (Å²) in [7, 11) is 1.91. The van der Waals surface area contributed by atoms with Crippen LogP contribution in [0, 0.1) is 0 Å².